The summed E-state index contributed by atoms with van der Waals surface area (Å²) in [7, 11) is -2.23. The molecule has 0 bridgehead atoms. The van der Waals surface area contributed by atoms with Crippen molar-refractivity contribution in [3.63, 3.8) is 0 Å². The van der Waals surface area contributed by atoms with Crippen molar-refractivity contribution in [2.45, 2.75) is 96.9 Å². The predicted octanol–water partition coefficient (Wildman–Crippen LogP) is 7.99. The van der Waals surface area contributed by atoms with Crippen LogP contribution in [0.4, 0.5) is 28.0 Å². The van der Waals surface area contributed by atoms with Crippen molar-refractivity contribution < 1.29 is 51.0 Å². The summed E-state index contributed by atoms with van der Waals surface area (Å²) in [6, 6.07) is 8.76. The van der Waals surface area contributed by atoms with Crippen molar-refractivity contribution in [1.82, 2.24) is 5.32 Å². The lowest BCUT2D eigenvalue weighted by Gasteiger charge is -2.36. The minimum Gasteiger partial charge on any atom is -0.487 e. The van der Waals surface area contributed by atoms with Gasteiger partial charge in [-0.15, -0.1) is 0 Å². The van der Waals surface area contributed by atoms with E-state index in [2.05, 4.69) is 42.0 Å². The van der Waals surface area contributed by atoms with Crippen molar-refractivity contribution in [2.75, 3.05) is 18.1 Å². The smallest absolute Gasteiger partial charge is 0.471 e. The van der Waals surface area contributed by atoms with E-state index in [1.165, 1.54) is 6.07 Å². The Labute approximate surface area is 282 Å². The van der Waals surface area contributed by atoms with E-state index in [0.717, 1.165) is 0 Å². The highest BCUT2D eigenvalue weighted by molar-refractivity contribution is 9.10. The summed E-state index contributed by atoms with van der Waals surface area (Å²) in [5, 5.41) is 12.0. The first kappa shape index (κ1) is 40.0. The number of anilines is 1. The average Bonchev–Trinajstić information content (AvgIpc) is 2.90. The molecular weight excluding hydrogens is 708 g/mol. The second-order valence-corrected chi connectivity index (χ2v) is 19.2. The lowest BCUT2D eigenvalue weighted by Crippen LogP contribution is -2.45. The number of carboxylic acid groups (broad SMARTS) is 1. The number of alkyl carbamates (subject to hydrolysis) is 1. The number of alkyl halides is 3. The molecule has 0 radical (unpaired) electrons. The number of benzene rings is 2. The number of carbonyl (C=O) groups excluding carboxylic acids is 2. The van der Waals surface area contributed by atoms with Gasteiger partial charge in [-0.2, -0.15) is 13.2 Å². The molecule has 2 aromatic rings. The number of ether oxygens (including phenoxy) is 2. The number of nitrogens with zero attached hydrogens (tertiary/aromatic N) is 1. The minimum atomic E-state index is -5.53. The molecule has 2 N–H and O–H groups in total. The molecule has 2 amide bonds. The Morgan fingerprint density at radius 1 is 1.04 bits per heavy atom. The molecule has 0 fully saturated rings. The van der Waals surface area contributed by atoms with Gasteiger partial charge in [0.05, 0.1) is 0 Å². The number of hydrogen-bond acceptors (Lipinski definition) is 6. The molecule has 2 rings (SSSR count). The average molecular weight is 752 g/mol. The van der Waals surface area contributed by atoms with Crippen LogP contribution < -0.4 is 15.0 Å². The van der Waals surface area contributed by atoms with Gasteiger partial charge >= 0.3 is 24.1 Å². The van der Waals surface area contributed by atoms with Crippen LogP contribution in [0, 0.1) is 5.82 Å². The first-order valence-corrected chi connectivity index (χ1v) is 18.5. The van der Waals surface area contributed by atoms with Crippen molar-refractivity contribution >= 4 is 47.9 Å². The summed E-state index contributed by atoms with van der Waals surface area (Å²) in [6.07, 6.45) is -6.47. The lowest BCUT2D eigenvalue weighted by atomic mass is 10.0. The van der Waals surface area contributed by atoms with Crippen LogP contribution in [-0.4, -0.2) is 62.4 Å². The van der Waals surface area contributed by atoms with Crippen LogP contribution >= 0.6 is 15.9 Å². The van der Waals surface area contributed by atoms with E-state index in [0.29, 0.717) is 5.56 Å². The molecule has 47 heavy (non-hydrogen) atoms. The zero-order valence-corrected chi connectivity index (χ0v) is 30.4. The monoisotopic (exact) mass is 750 g/mol. The van der Waals surface area contributed by atoms with E-state index in [1.807, 2.05) is 13.1 Å². The highest BCUT2D eigenvalue weighted by atomic mass is 79.9. The zero-order chi connectivity index (χ0) is 36.0. The number of hydrogen-bond donors (Lipinski definition) is 2. The Bertz CT molecular complexity index is 1410. The summed E-state index contributed by atoms with van der Waals surface area (Å²) in [5.41, 5.74) is -1.52. The zero-order valence-electron chi connectivity index (χ0n) is 27.8. The van der Waals surface area contributed by atoms with Crippen molar-refractivity contribution in [3.05, 3.63) is 57.8 Å². The molecule has 9 nitrogen and oxygen atoms in total. The Balaban J connectivity index is 2.64. The predicted molar refractivity (Wildman–Crippen MR) is 176 cm³/mol. The van der Waals surface area contributed by atoms with Gasteiger partial charge in [0.1, 0.15) is 30.2 Å². The standard InChI is InChI=1S/C32H43BrF4N2O7Si/c1-30(2,3)46-29(43)38-21(14-15-45-47(7,8)31(4,5)6)16-22-23(33)17-24(44-19-20-12-10-9-11-13-20)27(26(22)34)39(18-25(40)41)28(42)32(35,36)37/h9-13,17,21H,14-16,18-19H2,1-8H3,(H,38,43)(H,40,41)/t21-/m1/s1. The van der Waals surface area contributed by atoms with E-state index >= 15 is 4.39 Å². The Kier molecular flexibility index (Phi) is 13.5. The van der Waals surface area contributed by atoms with Gasteiger partial charge in [-0.3, -0.25) is 14.5 Å². The summed E-state index contributed by atoms with van der Waals surface area (Å²) in [6.45, 7) is 13.6. The molecule has 2 aromatic carbocycles. The van der Waals surface area contributed by atoms with Crippen LogP contribution in [0.1, 0.15) is 59.1 Å². The molecule has 0 aromatic heterocycles. The van der Waals surface area contributed by atoms with E-state index < -0.39 is 67.9 Å². The Morgan fingerprint density at radius 3 is 2.15 bits per heavy atom. The highest BCUT2D eigenvalue weighted by Crippen LogP contribution is 2.41. The van der Waals surface area contributed by atoms with E-state index in [9.17, 15) is 32.7 Å². The van der Waals surface area contributed by atoms with Gasteiger partial charge in [0.2, 0.25) is 0 Å². The SMILES string of the molecule is CC(C)(C)OC(=O)N[C@H](CCO[Si](C)(C)C(C)(C)C)Cc1c(Br)cc(OCc2ccccc2)c(N(CC(=O)O)C(=O)C(F)(F)F)c1F. The first-order chi connectivity index (χ1) is 21.4. The Hall–Kier alpha value is -3.17. The molecule has 0 saturated heterocycles. The van der Waals surface area contributed by atoms with Gasteiger partial charge in [-0.25, -0.2) is 9.18 Å². The van der Waals surface area contributed by atoms with E-state index in [1.54, 1.807) is 51.1 Å². The van der Waals surface area contributed by atoms with E-state index in [-0.39, 0.29) is 46.0 Å². The van der Waals surface area contributed by atoms with Crippen LogP contribution in [0.25, 0.3) is 0 Å². The summed E-state index contributed by atoms with van der Waals surface area (Å²) in [5.74, 6) is -6.24. The van der Waals surface area contributed by atoms with Crippen LogP contribution in [-0.2, 0) is 31.8 Å². The third kappa shape index (κ3) is 12.1. The number of amides is 2. The molecule has 1 atom stereocenters. The third-order valence-electron chi connectivity index (χ3n) is 7.45. The maximum Gasteiger partial charge on any atom is 0.471 e. The second-order valence-electron chi connectivity index (χ2n) is 13.5. The normalized spacial score (nSPS) is 13.1. The largest absolute Gasteiger partial charge is 0.487 e. The summed E-state index contributed by atoms with van der Waals surface area (Å²) in [4.78, 5) is 36.7. The molecule has 0 heterocycles. The molecule has 0 unspecified atom stereocenters. The quantitative estimate of drug-likeness (QED) is 0.158. The number of carboxylic acids is 1. The van der Waals surface area contributed by atoms with Gasteiger partial charge in [0.15, 0.2) is 14.1 Å². The molecule has 0 aliphatic rings. The molecule has 262 valence electrons. The lowest BCUT2D eigenvalue weighted by molar-refractivity contribution is -0.171. The van der Waals surface area contributed by atoms with Gasteiger partial charge in [0.25, 0.3) is 0 Å². The number of halogens is 5. The number of nitrogens with one attached hydrogen (secondary N) is 1. The Morgan fingerprint density at radius 2 is 1.64 bits per heavy atom. The second kappa shape index (κ2) is 15.8. The highest BCUT2D eigenvalue weighted by Gasteiger charge is 2.46. The van der Waals surface area contributed by atoms with Gasteiger partial charge in [-0.1, -0.05) is 67.0 Å². The molecule has 0 saturated carbocycles. The summed E-state index contributed by atoms with van der Waals surface area (Å²) >= 11 is 3.27. The van der Waals surface area contributed by atoms with Crippen LogP contribution in [0.5, 0.6) is 5.75 Å². The van der Waals surface area contributed by atoms with Crippen LogP contribution in [0.3, 0.4) is 0 Å². The minimum absolute atomic E-state index is 0.0536. The van der Waals surface area contributed by atoms with Gasteiger partial charge < -0.3 is 24.3 Å². The number of rotatable bonds is 13. The maximum atomic E-state index is 16.6. The fraction of sp³-hybridized carbons (Fsp3) is 0.531. The summed E-state index contributed by atoms with van der Waals surface area (Å²) < 4.78 is 75.1. The maximum absolute atomic E-state index is 16.6. The fourth-order valence-electron chi connectivity index (χ4n) is 4.07. The van der Waals surface area contributed by atoms with Gasteiger partial charge in [0, 0.05) is 22.7 Å². The third-order valence-corrected chi connectivity index (χ3v) is 12.7. The van der Waals surface area contributed by atoms with Crippen molar-refractivity contribution in [1.29, 1.82) is 0 Å². The first-order valence-electron chi connectivity index (χ1n) is 14.8. The fourth-order valence-corrected chi connectivity index (χ4v) is 5.67. The topological polar surface area (TPSA) is 114 Å². The molecule has 0 spiro atoms. The van der Waals surface area contributed by atoms with Crippen LogP contribution in [0.2, 0.25) is 18.1 Å². The van der Waals surface area contributed by atoms with Crippen molar-refractivity contribution in [3.8, 4) is 5.75 Å². The van der Waals surface area contributed by atoms with Crippen molar-refractivity contribution in [2.24, 2.45) is 0 Å². The van der Waals surface area contributed by atoms with E-state index in [4.69, 9.17) is 13.9 Å². The number of aliphatic carboxylic acids is 1. The number of carbonyl (C=O) groups is 3. The molecule has 15 heteroatoms. The molecular formula is C32H43BrF4N2O7Si. The van der Waals surface area contributed by atoms with Gasteiger partial charge in [-0.05, 0) is 63.4 Å². The van der Waals surface area contributed by atoms with Crippen LogP contribution in [0.15, 0.2) is 40.9 Å². The molecule has 0 aliphatic carbocycles. The molecule has 0 aliphatic heterocycles.